The van der Waals surface area contributed by atoms with Crippen LogP contribution in [0.4, 0.5) is 0 Å². The van der Waals surface area contributed by atoms with Crippen LogP contribution in [0.3, 0.4) is 0 Å². The molecule has 1 aromatic carbocycles. The van der Waals surface area contributed by atoms with Gasteiger partial charge in [-0.1, -0.05) is 36.8 Å². The summed E-state index contributed by atoms with van der Waals surface area (Å²) in [5, 5.41) is 11.7. The summed E-state index contributed by atoms with van der Waals surface area (Å²) < 4.78 is 0. The maximum atomic E-state index is 12.3. The van der Waals surface area contributed by atoms with Crippen molar-refractivity contribution >= 4 is 17.8 Å². The first-order valence-electron chi connectivity index (χ1n) is 7.51. The minimum absolute atomic E-state index is 0.0888. The normalized spacial score (nSPS) is 13.0. The maximum Gasteiger partial charge on any atom is 0.308 e. The Labute approximate surface area is 136 Å². The summed E-state index contributed by atoms with van der Waals surface area (Å²) in [6.45, 7) is 5.05. The number of carbonyl (C=O) groups excluding carboxylic acids is 2. The number of amides is 2. The lowest BCUT2D eigenvalue weighted by Gasteiger charge is -2.24. The number of aliphatic carboxylic acids is 1. The largest absolute Gasteiger partial charge is 0.481 e. The Morgan fingerprint density at radius 2 is 1.78 bits per heavy atom. The first-order chi connectivity index (χ1) is 10.7. The first kappa shape index (κ1) is 18.7. The van der Waals surface area contributed by atoms with Gasteiger partial charge < -0.3 is 15.3 Å². The highest BCUT2D eigenvalue weighted by Gasteiger charge is 2.22. The van der Waals surface area contributed by atoms with E-state index in [-0.39, 0.29) is 24.8 Å². The molecule has 0 aliphatic heterocycles. The second kappa shape index (κ2) is 8.31. The topological polar surface area (TPSA) is 86.7 Å². The Morgan fingerprint density at radius 1 is 1.22 bits per heavy atom. The molecule has 0 heterocycles. The van der Waals surface area contributed by atoms with E-state index in [0.29, 0.717) is 0 Å². The number of hydrogen-bond donors (Lipinski definition) is 2. The Bertz CT molecular complexity index is 568. The fourth-order valence-electron chi connectivity index (χ4n) is 2.22. The van der Waals surface area contributed by atoms with Crippen molar-refractivity contribution in [3.05, 3.63) is 35.4 Å². The standard InChI is InChI=1S/C17H24N2O4/c1-11-5-7-14(8-6-11)15(18-13(3)20)9-16(21)19(4)10-12(2)17(22)23/h5-8,12,15H,9-10H2,1-4H3,(H,18,20)(H,22,23). The Kier molecular flexibility index (Phi) is 6.75. The van der Waals surface area contributed by atoms with Crippen LogP contribution in [0.25, 0.3) is 0 Å². The number of hydrogen-bond acceptors (Lipinski definition) is 3. The summed E-state index contributed by atoms with van der Waals surface area (Å²) in [6.07, 6.45) is 0.0888. The van der Waals surface area contributed by atoms with Gasteiger partial charge in [-0.25, -0.2) is 0 Å². The quantitative estimate of drug-likeness (QED) is 0.801. The molecule has 0 aliphatic carbocycles. The molecule has 0 bridgehead atoms. The molecule has 126 valence electrons. The van der Waals surface area contributed by atoms with Crippen LogP contribution in [0.1, 0.15) is 37.4 Å². The average Bonchev–Trinajstić information content (AvgIpc) is 2.46. The van der Waals surface area contributed by atoms with Crippen LogP contribution in [0, 0.1) is 12.8 Å². The first-order valence-corrected chi connectivity index (χ1v) is 7.51. The summed E-state index contributed by atoms with van der Waals surface area (Å²) in [5.41, 5.74) is 1.94. The van der Waals surface area contributed by atoms with Crippen molar-refractivity contribution in [2.24, 2.45) is 5.92 Å². The van der Waals surface area contributed by atoms with Crippen LogP contribution < -0.4 is 5.32 Å². The fourth-order valence-corrected chi connectivity index (χ4v) is 2.22. The van der Waals surface area contributed by atoms with Gasteiger partial charge in [-0.3, -0.25) is 14.4 Å². The second-order valence-corrected chi connectivity index (χ2v) is 5.88. The molecule has 0 spiro atoms. The van der Waals surface area contributed by atoms with E-state index in [2.05, 4.69) is 5.32 Å². The molecular formula is C17H24N2O4. The van der Waals surface area contributed by atoms with Crippen molar-refractivity contribution in [1.29, 1.82) is 0 Å². The van der Waals surface area contributed by atoms with Gasteiger partial charge in [-0.15, -0.1) is 0 Å². The molecular weight excluding hydrogens is 296 g/mol. The number of rotatable bonds is 7. The van der Waals surface area contributed by atoms with Crippen molar-refractivity contribution in [3.8, 4) is 0 Å². The number of nitrogens with zero attached hydrogens (tertiary/aromatic N) is 1. The number of benzene rings is 1. The highest BCUT2D eigenvalue weighted by atomic mass is 16.4. The van der Waals surface area contributed by atoms with Gasteiger partial charge in [0.1, 0.15) is 0 Å². The Balaban J connectivity index is 2.80. The Hall–Kier alpha value is -2.37. The van der Waals surface area contributed by atoms with E-state index < -0.39 is 17.9 Å². The molecule has 0 fully saturated rings. The summed E-state index contributed by atoms with van der Waals surface area (Å²) in [6, 6.07) is 7.17. The molecule has 1 aromatic rings. The molecule has 0 saturated heterocycles. The van der Waals surface area contributed by atoms with Crippen LogP contribution in [-0.4, -0.2) is 41.4 Å². The van der Waals surface area contributed by atoms with E-state index in [1.54, 1.807) is 14.0 Å². The number of aryl methyl sites for hydroxylation is 1. The van der Waals surface area contributed by atoms with Gasteiger partial charge in [0.25, 0.3) is 0 Å². The van der Waals surface area contributed by atoms with Crippen LogP contribution in [-0.2, 0) is 14.4 Å². The number of carbonyl (C=O) groups is 3. The molecule has 0 aromatic heterocycles. The second-order valence-electron chi connectivity index (χ2n) is 5.88. The highest BCUT2D eigenvalue weighted by Crippen LogP contribution is 2.19. The molecule has 23 heavy (non-hydrogen) atoms. The van der Waals surface area contributed by atoms with Crippen LogP contribution in [0.5, 0.6) is 0 Å². The SMILES string of the molecule is CC(=O)NC(CC(=O)N(C)CC(C)C(=O)O)c1ccc(C)cc1. The molecule has 2 amide bonds. The molecule has 6 heteroatoms. The lowest BCUT2D eigenvalue weighted by Crippen LogP contribution is -2.37. The molecule has 6 nitrogen and oxygen atoms in total. The van der Waals surface area contributed by atoms with Crippen molar-refractivity contribution < 1.29 is 19.5 Å². The monoisotopic (exact) mass is 320 g/mol. The number of carboxylic acids is 1. The van der Waals surface area contributed by atoms with Gasteiger partial charge in [0.2, 0.25) is 11.8 Å². The van der Waals surface area contributed by atoms with Crippen molar-refractivity contribution in [1.82, 2.24) is 10.2 Å². The summed E-state index contributed by atoms with van der Waals surface area (Å²) in [5.74, 6) is -2.01. The molecule has 0 radical (unpaired) electrons. The predicted octanol–water partition coefficient (Wildman–Crippen LogP) is 1.74. The third-order valence-electron chi connectivity index (χ3n) is 3.63. The lowest BCUT2D eigenvalue weighted by molar-refractivity contribution is -0.142. The van der Waals surface area contributed by atoms with E-state index >= 15 is 0 Å². The molecule has 2 atom stereocenters. The summed E-state index contributed by atoms with van der Waals surface area (Å²) in [7, 11) is 1.57. The molecule has 0 saturated carbocycles. The number of nitrogens with one attached hydrogen (secondary N) is 1. The van der Waals surface area contributed by atoms with Gasteiger partial charge in [0, 0.05) is 20.5 Å². The lowest BCUT2D eigenvalue weighted by atomic mass is 10.0. The summed E-state index contributed by atoms with van der Waals surface area (Å²) in [4.78, 5) is 36.0. The van der Waals surface area contributed by atoms with E-state index in [0.717, 1.165) is 11.1 Å². The van der Waals surface area contributed by atoms with Crippen LogP contribution >= 0.6 is 0 Å². The van der Waals surface area contributed by atoms with Gasteiger partial charge in [0.05, 0.1) is 18.4 Å². The molecule has 2 unspecified atom stereocenters. The summed E-state index contributed by atoms with van der Waals surface area (Å²) >= 11 is 0. The fraction of sp³-hybridized carbons (Fsp3) is 0.471. The molecule has 2 N–H and O–H groups in total. The van der Waals surface area contributed by atoms with Crippen molar-refractivity contribution in [2.75, 3.05) is 13.6 Å². The third kappa shape index (κ3) is 6.10. The van der Waals surface area contributed by atoms with Crippen molar-refractivity contribution in [3.63, 3.8) is 0 Å². The minimum Gasteiger partial charge on any atom is -0.481 e. The predicted molar refractivity (Wildman–Crippen MR) is 86.8 cm³/mol. The zero-order chi connectivity index (χ0) is 17.6. The van der Waals surface area contributed by atoms with Gasteiger partial charge in [-0.2, -0.15) is 0 Å². The van der Waals surface area contributed by atoms with E-state index in [9.17, 15) is 14.4 Å². The maximum absolute atomic E-state index is 12.3. The van der Waals surface area contributed by atoms with E-state index in [1.807, 2.05) is 31.2 Å². The van der Waals surface area contributed by atoms with Gasteiger partial charge >= 0.3 is 5.97 Å². The van der Waals surface area contributed by atoms with Crippen LogP contribution in [0.15, 0.2) is 24.3 Å². The smallest absolute Gasteiger partial charge is 0.308 e. The number of carboxylic acid groups (broad SMARTS) is 1. The van der Waals surface area contributed by atoms with E-state index in [1.165, 1.54) is 11.8 Å². The Morgan fingerprint density at radius 3 is 2.26 bits per heavy atom. The zero-order valence-electron chi connectivity index (χ0n) is 14.0. The van der Waals surface area contributed by atoms with E-state index in [4.69, 9.17) is 5.11 Å². The molecule has 0 aliphatic rings. The minimum atomic E-state index is -0.943. The molecule has 1 rings (SSSR count). The van der Waals surface area contributed by atoms with Crippen LogP contribution in [0.2, 0.25) is 0 Å². The zero-order valence-corrected chi connectivity index (χ0v) is 14.0. The van der Waals surface area contributed by atoms with Crippen molar-refractivity contribution in [2.45, 2.75) is 33.2 Å². The van der Waals surface area contributed by atoms with Gasteiger partial charge in [-0.05, 0) is 12.5 Å². The highest BCUT2D eigenvalue weighted by molar-refractivity contribution is 5.79. The van der Waals surface area contributed by atoms with Gasteiger partial charge in [0.15, 0.2) is 0 Å². The third-order valence-corrected chi connectivity index (χ3v) is 3.63. The average molecular weight is 320 g/mol.